The molecule has 18 heavy (non-hydrogen) atoms. The number of carbonyl (C=O) groups is 1. The fourth-order valence-corrected chi connectivity index (χ4v) is 1.91. The molecule has 0 atom stereocenters. The zero-order valence-corrected chi connectivity index (χ0v) is 11.1. The number of hydrogen-bond acceptors (Lipinski definition) is 2. The molecule has 0 saturated heterocycles. The molecule has 2 rings (SSSR count). The summed E-state index contributed by atoms with van der Waals surface area (Å²) in [7, 11) is 0. The van der Waals surface area contributed by atoms with Crippen molar-refractivity contribution in [1.29, 1.82) is 0 Å². The molecule has 1 aromatic heterocycles. The first kappa shape index (κ1) is 12.6. The first-order chi connectivity index (χ1) is 8.30. The van der Waals surface area contributed by atoms with Gasteiger partial charge in [0.2, 0.25) is 0 Å². The van der Waals surface area contributed by atoms with Crippen LogP contribution in [0.15, 0.2) is 29.2 Å². The van der Waals surface area contributed by atoms with Crippen molar-refractivity contribution in [3.05, 3.63) is 45.7 Å². The Balaban J connectivity index is 2.72. The van der Waals surface area contributed by atoms with Gasteiger partial charge in [0, 0.05) is 22.5 Å². The maximum atomic E-state index is 12.3. The summed E-state index contributed by atoms with van der Waals surface area (Å²) < 4.78 is 0. The quantitative estimate of drug-likeness (QED) is 0.782. The van der Waals surface area contributed by atoms with E-state index in [4.69, 9.17) is 0 Å². The van der Waals surface area contributed by atoms with Crippen molar-refractivity contribution in [1.82, 2.24) is 4.98 Å². The van der Waals surface area contributed by atoms with Crippen molar-refractivity contribution in [2.24, 2.45) is 5.41 Å². The number of hydrogen-bond donors (Lipinski definition) is 1. The van der Waals surface area contributed by atoms with Crippen LogP contribution in [0, 0.1) is 12.3 Å². The minimum atomic E-state index is -0.551. The second kappa shape index (κ2) is 4.09. The molecular formula is C15H17NO2. The highest BCUT2D eigenvalue weighted by atomic mass is 16.1. The fourth-order valence-electron chi connectivity index (χ4n) is 1.91. The van der Waals surface area contributed by atoms with Gasteiger partial charge < -0.3 is 4.98 Å². The van der Waals surface area contributed by atoms with Gasteiger partial charge in [-0.3, -0.25) is 9.59 Å². The molecule has 94 valence electrons. The number of aromatic nitrogens is 1. The lowest BCUT2D eigenvalue weighted by Crippen LogP contribution is -2.26. The highest BCUT2D eigenvalue weighted by Gasteiger charge is 2.25. The first-order valence-electron chi connectivity index (χ1n) is 5.97. The summed E-state index contributed by atoms with van der Waals surface area (Å²) in [5.74, 6) is -0.132. The van der Waals surface area contributed by atoms with E-state index >= 15 is 0 Å². The molecule has 1 heterocycles. The highest BCUT2D eigenvalue weighted by Crippen LogP contribution is 2.20. The molecule has 0 aliphatic heterocycles. The van der Waals surface area contributed by atoms with Gasteiger partial charge in [0.25, 0.3) is 0 Å². The summed E-state index contributed by atoms with van der Waals surface area (Å²) >= 11 is 0. The third kappa shape index (κ3) is 2.08. The number of H-pyrrole nitrogens is 1. The van der Waals surface area contributed by atoms with Gasteiger partial charge in [0.15, 0.2) is 11.2 Å². The maximum Gasteiger partial charge on any atom is 0.200 e. The van der Waals surface area contributed by atoms with E-state index in [0.717, 1.165) is 11.1 Å². The Labute approximate surface area is 106 Å². The van der Waals surface area contributed by atoms with Gasteiger partial charge in [-0.1, -0.05) is 32.4 Å². The molecule has 3 nitrogen and oxygen atoms in total. The zero-order chi connectivity index (χ0) is 13.5. The average Bonchev–Trinajstić information content (AvgIpc) is 2.28. The minimum absolute atomic E-state index is 0.132. The van der Waals surface area contributed by atoms with E-state index in [9.17, 15) is 9.59 Å². The normalized spacial score (nSPS) is 11.8. The summed E-state index contributed by atoms with van der Waals surface area (Å²) in [6.45, 7) is 7.37. The van der Waals surface area contributed by atoms with Crippen LogP contribution in [-0.2, 0) is 0 Å². The Kier molecular flexibility index (Phi) is 2.85. The highest BCUT2D eigenvalue weighted by molar-refractivity contribution is 6.01. The Morgan fingerprint density at radius 3 is 2.50 bits per heavy atom. The number of ketones is 1. The van der Waals surface area contributed by atoms with E-state index in [1.807, 2.05) is 45.9 Å². The van der Waals surface area contributed by atoms with Crippen LogP contribution in [0.1, 0.15) is 36.7 Å². The zero-order valence-electron chi connectivity index (χ0n) is 11.1. The maximum absolute atomic E-state index is 12.3. The van der Waals surface area contributed by atoms with E-state index in [2.05, 4.69) is 4.98 Å². The van der Waals surface area contributed by atoms with Crippen LogP contribution in [-0.4, -0.2) is 10.8 Å². The van der Waals surface area contributed by atoms with Gasteiger partial charge in [-0.15, -0.1) is 0 Å². The van der Waals surface area contributed by atoms with E-state index in [-0.39, 0.29) is 16.8 Å². The van der Waals surface area contributed by atoms with E-state index in [1.165, 1.54) is 6.20 Å². The summed E-state index contributed by atoms with van der Waals surface area (Å²) in [4.78, 5) is 27.5. The molecule has 0 bridgehead atoms. The smallest absolute Gasteiger partial charge is 0.200 e. The molecule has 0 aliphatic rings. The number of pyridine rings is 1. The lowest BCUT2D eigenvalue weighted by molar-refractivity contribution is 0.0857. The second-order valence-electron chi connectivity index (χ2n) is 5.66. The number of aryl methyl sites for hydroxylation is 1. The number of benzene rings is 1. The van der Waals surface area contributed by atoms with E-state index in [1.54, 1.807) is 0 Å². The van der Waals surface area contributed by atoms with Crippen LogP contribution in [0.3, 0.4) is 0 Å². The SMILES string of the molecule is Cc1ccc2[nH]cc(C(=O)C(C)(C)C)c(=O)c2c1. The topological polar surface area (TPSA) is 49.9 Å². The fraction of sp³-hybridized carbons (Fsp3) is 0.333. The molecule has 0 radical (unpaired) electrons. The molecule has 0 fully saturated rings. The molecule has 1 N–H and O–H groups in total. The lowest BCUT2D eigenvalue weighted by atomic mass is 9.86. The van der Waals surface area contributed by atoms with Crippen LogP contribution in [0.2, 0.25) is 0 Å². The predicted octanol–water partition coefficient (Wildman–Crippen LogP) is 3.07. The van der Waals surface area contributed by atoms with Crippen LogP contribution >= 0.6 is 0 Å². The van der Waals surface area contributed by atoms with Gasteiger partial charge in [-0.25, -0.2) is 0 Å². The average molecular weight is 243 g/mol. The number of carbonyl (C=O) groups excluding carboxylic acids is 1. The van der Waals surface area contributed by atoms with Crippen molar-refractivity contribution in [2.75, 3.05) is 0 Å². The van der Waals surface area contributed by atoms with Gasteiger partial charge in [0.05, 0.1) is 5.56 Å². The van der Waals surface area contributed by atoms with Gasteiger partial charge >= 0.3 is 0 Å². The van der Waals surface area contributed by atoms with Gasteiger partial charge in [0.1, 0.15) is 0 Å². The van der Waals surface area contributed by atoms with E-state index in [0.29, 0.717) is 5.39 Å². The molecule has 2 aromatic rings. The number of aromatic amines is 1. The minimum Gasteiger partial charge on any atom is -0.360 e. The van der Waals surface area contributed by atoms with Gasteiger partial charge in [-0.05, 0) is 19.1 Å². The molecular weight excluding hydrogens is 226 g/mol. The third-order valence-electron chi connectivity index (χ3n) is 2.96. The summed E-state index contributed by atoms with van der Waals surface area (Å²) in [6, 6.07) is 5.61. The van der Waals surface area contributed by atoms with Crippen molar-refractivity contribution < 1.29 is 4.79 Å². The van der Waals surface area contributed by atoms with Crippen LogP contribution < -0.4 is 5.43 Å². The molecule has 0 spiro atoms. The first-order valence-corrected chi connectivity index (χ1v) is 5.97. The molecule has 1 aromatic carbocycles. The Morgan fingerprint density at radius 1 is 1.22 bits per heavy atom. The monoisotopic (exact) mass is 243 g/mol. The van der Waals surface area contributed by atoms with Crippen molar-refractivity contribution in [3.63, 3.8) is 0 Å². The summed E-state index contributed by atoms with van der Waals surface area (Å²) in [6.07, 6.45) is 1.52. The lowest BCUT2D eigenvalue weighted by Gasteiger charge is -2.16. The number of Topliss-reactive ketones (excluding diaryl/α,β-unsaturated/α-hetero) is 1. The largest absolute Gasteiger partial charge is 0.360 e. The molecule has 0 amide bonds. The van der Waals surface area contributed by atoms with E-state index < -0.39 is 5.41 Å². The standard InChI is InChI=1S/C15H17NO2/c1-9-5-6-12-10(7-9)13(17)11(8-16-12)14(18)15(2,3)4/h5-8H,1-4H3,(H,16,17). The molecule has 3 heteroatoms. The second-order valence-corrected chi connectivity index (χ2v) is 5.66. The molecule has 0 unspecified atom stereocenters. The third-order valence-corrected chi connectivity index (χ3v) is 2.96. The van der Waals surface area contributed by atoms with Crippen molar-refractivity contribution >= 4 is 16.7 Å². The van der Waals surface area contributed by atoms with Crippen LogP contribution in [0.25, 0.3) is 10.9 Å². The molecule has 0 aliphatic carbocycles. The predicted molar refractivity (Wildman–Crippen MR) is 73.1 cm³/mol. The number of nitrogens with one attached hydrogen (secondary N) is 1. The number of fused-ring (bicyclic) bond motifs is 1. The summed E-state index contributed by atoms with van der Waals surface area (Å²) in [5.41, 5.74) is 1.27. The molecule has 0 saturated carbocycles. The van der Waals surface area contributed by atoms with Crippen molar-refractivity contribution in [2.45, 2.75) is 27.7 Å². The Hall–Kier alpha value is -1.90. The number of rotatable bonds is 1. The van der Waals surface area contributed by atoms with Crippen LogP contribution in [0.5, 0.6) is 0 Å². The van der Waals surface area contributed by atoms with Crippen LogP contribution in [0.4, 0.5) is 0 Å². The van der Waals surface area contributed by atoms with Crippen molar-refractivity contribution in [3.8, 4) is 0 Å². The summed E-state index contributed by atoms with van der Waals surface area (Å²) in [5, 5.41) is 0.574. The van der Waals surface area contributed by atoms with Gasteiger partial charge in [-0.2, -0.15) is 0 Å². The Morgan fingerprint density at radius 2 is 1.89 bits per heavy atom. The Bertz CT molecular complexity index is 675.